The van der Waals surface area contributed by atoms with Crippen LogP contribution in [0.15, 0.2) is 84.9 Å². The summed E-state index contributed by atoms with van der Waals surface area (Å²) in [5.74, 6) is 0.449. The molecule has 3 aromatic rings. The van der Waals surface area contributed by atoms with Crippen LogP contribution in [0.3, 0.4) is 0 Å². The van der Waals surface area contributed by atoms with Gasteiger partial charge in [0.1, 0.15) is 5.75 Å². The number of likely N-dealkylation sites (tertiary alicyclic amines) is 1. The largest absolute Gasteiger partial charge is 0.497 e. The Morgan fingerprint density at radius 3 is 2.00 bits per heavy atom. The van der Waals surface area contributed by atoms with E-state index in [9.17, 15) is 9.90 Å². The highest BCUT2D eigenvalue weighted by Gasteiger charge is 2.32. The van der Waals surface area contributed by atoms with Crippen LogP contribution < -0.4 is 4.74 Å². The van der Waals surface area contributed by atoms with Gasteiger partial charge in [0.05, 0.1) is 25.2 Å². The maximum atomic E-state index is 14.1. The number of ether oxygens (including phenoxy) is 1. The van der Waals surface area contributed by atoms with Gasteiger partial charge in [0.2, 0.25) is 5.91 Å². The Labute approximate surface area is 208 Å². The van der Waals surface area contributed by atoms with E-state index < -0.39 is 0 Å². The number of β-amino-alcohol motifs (C(OH)–C–C–N with tert-alkyl or cyclic N) is 1. The zero-order valence-corrected chi connectivity index (χ0v) is 20.5. The molecule has 1 heterocycles. The number of methoxy groups -OCH3 is 1. The van der Waals surface area contributed by atoms with Crippen molar-refractivity contribution in [2.24, 2.45) is 0 Å². The van der Waals surface area contributed by atoms with Crippen LogP contribution in [0.4, 0.5) is 0 Å². The zero-order valence-electron chi connectivity index (χ0n) is 19.7. The lowest BCUT2D eigenvalue weighted by atomic mass is 9.89. The third kappa shape index (κ3) is 5.98. The molecule has 0 unspecified atom stereocenters. The molecule has 0 aromatic heterocycles. The van der Waals surface area contributed by atoms with E-state index in [0.717, 1.165) is 35.4 Å². The highest BCUT2D eigenvalue weighted by Crippen LogP contribution is 2.31. The molecule has 180 valence electrons. The number of benzene rings is 3. The lowest BCUT2D eigenvalue weighted by Gasteiger charge is -2.34. The molecule has 1 N–H and O–H groups in total. The summed E-state index contributed by atoms with van der Waals surface area (Å²) in [6.07, 6.45) is 0.466. The summed E-state index contributed by atoms with van der Waals surface area (Å²) in [6, 6.07) is 27.7. The number of rotatable bonds is 8. The molecule has 0 bridgehead atoms. The Balaban J connectivity index is 0.00000324. The lowest BCUT2D eigenvalue weighted by molar-refractivity contribution is -0.133. The molecular formula is C28H33ClN2O3. The second-order valence-electron chi connectivity index (χ2n) is 8.69. The third-order valence-electron chi connectivity index (χ3n) is 6.51. The molecule has 6 heteroatoms. The number of hydrogen-bond donors (Lipinski definition) is 1. The van der Waals surface area contributed by atoms with Gasteiger partial charge in [-0.1, -0.05) is 72.8 Å². The molecule has 4 rings (SSSR count). The van der Waals surface area contributed by atoms with Crippen molar-refractivity contribution in [3.8, 4) is 5.75 Å². The van der Waals surface area contributed by atoms with E-state index in [2.05, 4.69) is 4.90 Å². The van der Waals surface area contributed by atoms with Crippen LogP contribution in [0.25, 0.3) is 0 Å². The number of likely N-dealkylation sites (N-methyl/N-ethyl adjacent to an activating group) is 1. The molecule has 0 saturated carbocycles. The third-order valence-corrected chi connectivity index (χ3v) is 6.51. The van der Waals surface area contributed by atoms with E-state index in [1.807, 2.05) is 96.9 Å². The fourth-order valence-electron chi connectivity index (χ4n) is 4.63. The number of carbonyl (C=O) groups is 1. The zero-order chi connectivity index (χ0) is 23.2. The van der Waals surface area contributed by atoms with Crippen molar-refractivity contribution in [3.63, 3.8) is 0 Å². The fraction of sp³-hybridized carbons (Fsp3) is 0.321. The second kappa shape index (κ2) is 12.0. The summed E-state index contributed by atoms with van der Waals surface area (Å²) in [5.41, 5.74) is 3.00. The highest BCUT2D eigenvalue weighted by atomic mass is 35.5. The molecule has 1 fully saturated rings. The predicted octanol–water partition coefficient (Wildman–Crippen LogP) is 4.52. The fourth-order valence-corrected chi connectivity index (χ4v) is 4.63. The van der Waals surface area contributed by atoms with Crippen LogP contribution in [0.2, 0.25) is 0 Å². The van der Waals surface area contributed by atoms with Crippen LogP contribution in [0.5, 0.6) is 5.75 Å². The normalized spacial score (nSPS) is 16.6. The summed E-state index contributed by atoms with van der Waals surface area (Å²) in [4.78, 5) is 18.2. The maximum absolute atomic E-state index is 14.1. The first-order chi connectivity index (χ1) is 16.1. The van der Waals surface area contributed by atoms with Gasteiger partial charge in [-0.25, -0.2) is 0 Å². The summed E-state index contributed by atoms with van der Waals surface area (Å²) >= 11 is 0. The lowest BCUT2D eigenvalue weighted by Crippen LogP contribution is -2.41. The predicted molar refractivity (Wildman–Crippen MR) is 138 cm³/mol. The number of halogens is 1. The van der Waals surface area contributed by atoms with E-state index in [0.29, 0.717) is 13.1 Å². The molecule has 3 aromatic carbocycles. The SMILES string of the molecule is COc1ccc([C@@H](CN2CC[C@H](O)C2)N(C)C(=O)C(c2ccccc2)c2ccccc2)cc1.Cl. The van der Waals surface area contributed by atoms with Crippen LogP contribution >= 0.6 is 12.4 Å². The molecule has 1 saturated heterocycles. The number of aliphatic hydroxyl groups is 1. The first-order valence-corrected chi connectivity index (χ1v) is 11.5. The molecule has 2 atom stereocenters. The number of amides is 1. The molecule has 5 nitrogen and oxygen atoms in total. The minimum atomic E-state index is -0.387. The van der Waals surface area contributed by atoms with Crippen molar-refractivity contribution in [3.05, 3.63) is 102 Å². The van der Waals surface area contributed by atoms with Crippen LogP contribution in [-0.2, 0) is 4.79 Å². The van der Waals surface area contributed by atoms with Gasteiger partial charge in [-0.05, 0) is 35.2 Å². The Morgan fingerprint density at radius 2 is 1.53 bits per heavy atom. The van der Waals surface area contributed by atoms with Gasteiger partial charge in [0.25, 0.3) is 0 Å². The Morgan fingerprint density at radius 1 is 0.971 bits per heavy atom. The smallest absolute Gasteiger partial charge is 0.234 e. The molecule has 1 aliphatic rings. The standard InChI is InChI=1S/C28H32N2O3.ClH/c1-29(28(32)27(22-9-5-3-6-10-22)23-11-7-4-8-12-23)26(20-30-18-17-24(31)19-30)21-13-15-25(33-2)16-14-21;/h3-16,24,26-27,31H,17-20H2,1-2H3;1H/t24-,26+;/m0./s1. The van der Waals surface area contributed by atoms with E-state index >= 15 is 0 Å². The molecule has 0 aliphatic carbocycles. The van der Waals surface area contributed by atoms with E-state index in [1.54, 1.807) is 7.11 Å². The van der Waals surface area contributed by atoms with Gasteiger partial charge in [0.15, 0.2) is 0 Å². The quantitative estimate of drug-likeness (QED) is 0.515. The molecular weight excluding hydrogens is 448 g/mol. The Kier molecular flexibility index (Phi) is 9.11. The maximum Gasteiger partial charge on any atom is 0.234 e. The van der Waals surface area contributed by atoms with E-state index in [1.165, 1.54) is 0 Å². The van der Waals surface area contributed by atoms with E-state index in [-0.39, 0.29) is 36.4 Å². The van der Waals surface area contributed by atoms with Crippen LogP contribution in [-0.4, -0.2) is 60.7 Å². The average Bonchev–Trinajstić information content (AvgIpc) is 3.28. The summed E-state index contributed by atoms with van der Waals surface area (Å²) in [5, 5.41) is 10.0. The molecule has 1 amide bonds. The average molecular weight is 481 g/mol. The van der Waals surface area contributed by atoms with Crippen LogP contribution in [0.1, 0.15) is 35.1 Å². The van der Waals surface area contributed by atoms with Gasteiger partial charge in [-0.2, -0.15) is 0 Å². The van der Waals surface area contributed by atoms with E-state index in [4.69, 9.17) is 4.74 Å². The Bertz CT molecular complexity index is 991. The number of nitrogens with zero attached hydrogens (tertiary/aromatic N) is 2. The first kappa shape index (κ1) is 25.8. The van der Waals surface area contributed by atoms with Crippen molar-refractivity contribution in [2.75, 3.05) is 33.8 Å². The topological polar surface area (TPSA) is 53.0 Å². The Hall–Kier alpha value is -2.86. The first-order valence-electron chi connectivity index (χ1n) is 11.5. The molecule has 0 radical (unpaired) electrons. The summed E-state index contributed by atoms with van der Waals surface area (Å²) in [7, 11) is 3.54. The van der Waals surface area contributed by atoms with Gasteiger partial charge >= 0.3 is 0 Å². The molecule has 0 spiro atoms. The van der Waals surface area contributed by atoms with Crippen molar-refractivity contribution in [1.82, 2.24) is 9.80 Å². The van der Waals surface area contributed by atoms with Gasteiger partial charge in [-0.3, -0.25) is 9.69 Å². The van der Waals surface area contributed by atoms with Gasteiger partial charge in [0, 0.05) is 26.7 Å². The summed E-state index contributed by atoms with van der Waals surface area (Å²) < 4.78 is 5.33. The number of aliphatic hydroxyl groups excluding tert-OH is 1. The van der Waals surface area contributed by atoms with Crippen molar-refractivity contribution >= 4 is 18.3 Å². The van der Waals surface area contributed by atoms with Crippen molar-refractivity contribution in [2.45, 2.75) is 24.5 Å². The van der Waals surface area contributed by atoms with Gasteiger partial charge < -0.3 is 14.7 Å². The van der Waals surface area contributed by atoms with Crippen molar-refractivity contribution < 1.29 is 14.6 Å². The molecule has 1 aliphatic heterocycles. The minimum Gasteiger partial charge on any atom is -0.497 e. The minimum absolute atomic E-state index is 0. The second-order valence-corrected chi connectivity index (χ2v) is 8.69. The number of carbonyl (C=O) groups excluding carboxylic acids is 1. The van der Waals surface area contributed by atoms with Gasteiger partial charge in [-0.15, -0.1) is 12.4 Å². The molecule has 34 heavy (non-hydrogen) atoms. The summed E-state index contributed by atoms with van der Waals surface area (Å²) in [6.45, 7) is 2.13. The van der Waals surface area contributed by atoms with Crippen LogP contribution in [0, 0.1) is 0 Å². The monoisotopic (exact) mass is 480 g/mol. The van der Waals surface area contributed by atoms with Crippen molar-refractivity contribution in [1.29, 1.82) is 0 Å². The highest BCUT2D eigenvalue weighted by molar-refractivity contribution is 5.87. The number of hydrogen-bond acceptors (Lipinski definition) is 4.